The number of benzene rings is 1. The van der Waals surface area contributed by atoms with Gasteiger partial charge in [0.15, 0.2) is 0 Å². The highest BCUT2D eigenvalue weighted by molar-refractivity contribution is 5.40. The van der Waals surface area contributed by atoms with Crippen molar-refractivity contribution in [2.75, 3.05) is 39.1 Å². The average Bonchev–Trinajstić information content (AvgIpc) is 2.40. The molecular weight excluding hydrogens is 236 g/mol. The van der Waals surface area contributed by atoms with Crippen LogP contribution >= 0.6 is 0 Å². The largest absolute Gasteiger partial charge is 0.399 e. The number of nitrogen functional groups attached to an aromatic ring is 1. The Labute approximate surface area is 116 Å². The quantitative estimate of drug-likeness (QED) is 0.801. The molecule has 106 valence electrons. The first kappa shape index (κ1) is 14.4. The first-order valence-corrected chi connectivity index (χ1v) is 7.33. The third kappa shape index (κ3) is 4.84. The molecule has 1 atom stereocenters. The first-order valence-electron chi connectivity index (χ1n) is 7.33. The minimum atomic E-state index is 0.728. The Morgan fingerprint density at radius 3 is 3.11 bits per heavy atom. The molecule has 0 radical (unpaired) electrons. The Morgan fingerprint density at radius 2 is 2.32 bits per heavy atom. The maximum Gasteiger partial charge on any atom is 0.0502 e. The number of likely N-dealkylation sites (tertiary alicyclic amines) is 1. The van der Waals surface area contributed by atoms with Gasteiger partial charge in [0, 0.05) is 19.3 Å². The Bertz CT molecular complexity index is 379. The zero-order chi connectivity index (χ0) is 13.5. The van der Waals surface area contributed by atoms with Gasteiger partial charge in [-0.1, -0.05) is 12.1 Å². The molecule has 0 aliphatic carbocycles. The van der Waals surface area contributed by atoms with Gasteiger partial charge in [0.05, 0.1) is 6.61 Å². The first-order chi connectivity index (χ1) is 9.28. The number of anilines is 1. The van der Waals surface area contributed by atoms with E-state index in [0.717, 1.165) is 24.6 Å². The number of nitrogens with zero attached hydrogens (tertiary/aromatic N) is 1. The van der Waals surface area contributed by atoms with E-state index in [1.54, 1.807) is 7.11 Å². The van der Waals surface area contributed by atoms with Gasteiger partial charge in [-0.3, -0.25) is 0 Å². The van der Waals surface area contributed by atoms with Crippen molar-refractivity contribution in [3.05, 3.63) is 29.8 Å². The van der Waals surface area contributed by atoms with Gasteiger partial charge < -0.3 is 15.4 Å². The van der Waals surface area contributed by atoms with Crippen LogP contribution in [0.3, 0.4) is 0 Å². The van der Waals surface area contributed by atoms with Gasteiger partial charge in [-0.2, -0.15) is 0 Å². The van der Waals surface area contributed by atoms with Crippen molar-refractivity contribution in [1.29, 1.82) is 0 Å². The molecule has 1 fully saturated rings. The number of hydrogen-bond donors (Lipinski definition) is 1. The Kier molecular flexibility index (Phi) is 5.67. The standard InChI is InChI=1S/C16H26N2O/c1-19-13-15-7-4-10-18(12-15)9-3-6-14-5-2-8-16(17)11-14/h2,5,8,11,15H,3-4,6-7,9-10,12-13,17H2,1H3. The number of piperidine rings is 1. The minimum Gasteiger partial charge on any atom is -0.399 e. The third-order valence-corrected chi connectivity index (χ3v) is 3.90. The molecule has 1 aliphatic rings. The minimum absolute atomic E-state index is 0.728. The molecule has 0 saturated carbocycles. The SMILES string of the molecule is COCC1CCCN(CCCc2cccc(N)c2)C1. The van der Waals surface area contributed by atoms with E-state index in [0.29, 0.717) is 0 Å². The molecule has 1 unspecified atom stereocenters. The van der Waals surface area contributed by atoms with Gasteiger partial charge in [-0.25, -0.2) is 0 Å². The molecule has 0 amide bonds. The van der Waals surface area contributed by atoms with E-state index in [-0.39, 0.29) is 0 Å². The molecule has 0 aromatic heterocycles. The summed E-state index contributed by atoms with van der Waals surface area (Å²) in [7, 11) is 1.80. The molecule has 3 nitrogen and oxygen atoms in total. The lowest BCUT2D eigenvalue weighted by Gasteiger charge is -2.32. The Hall–Kier alpha value is -1.06. The van der Waals surface area contributed by atoms with E-state index < -0.39 is 0 Å². The Balaban J connectivity index is 1.70. The van der Waals surface area contributed by atoms with Crippen molar-refractivity contribution in [2.24, 2.45) is 5.92 Å². The summed E-state index contributed by atoms with van der Waals surface area (Å²) < 4.78 is 5.28. The van der Waals surface area contributed by atoms with Gasteiger partial charge in [-0.15, -0.1) is 0 Å². The Morgan fingerprint density at radius 1 is 1.42 bits per heavy atom. The van der Waals surface area contributed by atoms with Crippen molar-refractivity contribution in [3.63, 3.8) is 0 Å². The van der Waals surface area contributed by atoms with Crippen molar-refractivity contribution in [3.8, 4) is 0 Å². The molecule has 0 bridgehead atoms. The zero-order valence-corrected chi connectivity index (χ0v) is 12.0. The van der Waals surface area contributed by atoms with Crippen LogP contribution < -0.4 is 5.73 Å². The fraction of sp³-hybridized carbons (Fsp3) is 0.625. The van der Waals surface area contributed by atoms with Crippen molar-refractivity contribution in [2.45, 2.75) is 25.7 Å². The lowest BCUT2D eigenvalue weighted by atomic mass is 9.98. The molecule has 19 heavy (non-hydrogen) atoms. The smallest absolute Gasteiger partial charge is 0.0502 e. The molecular formula is C16H26N2O. The van der Waals surface area contributed by atoms with Crippen molar-refractivity contribution < 1.29 is 4.74 Å². The van der Waals surface area contributed by atoms with Gasteiger partial charge in [0.2, 0.25) is 0 Å². The summed E-state index contributed by atoms with van der Waals surface area (Å²) >= 11 is 0. The van der Waals surface area contributed by atoms with Crippen LogP contribution in [0.2, 0.25) is 0 Å². The average molecular weight is 262 g/mol. The second kappa shape index (κ2) is 7.51. The number of nitrogens with two attached hydrogens (primary N) is 1. The van der Waals surface area contributed by atoms with Crippen LogP contribution in [0.4, 0.5) is 5.69 Å². The molecule has 1 aromatic rings. The summed E-state index contributed by atoms with van der Waals surface area (Å²) in [6.07, 6.45) is 4.96. The maximum absolute atomic E-state index is 5.80. The summed E-state index contributed by atoms with van der Waals surface area (Å²) in [4.78, 5) is 2.58. The van der Waals surface area contributed by atoms with Crippen LogP contribution in [-0.4, -0.2) is 38.3 Å². The molecule has 2 rings (SSSR count). The molecule has 1 saturated heterocycles. The second-order valence-corrected chi connectivity index (χ2v) is 5.61. The van der Waals surface area contributed by atoms with Gasteiger partial charge in [0.25, 0.3) is 0 Å². The summed E-state index contributed by atoms with van der Waals surface area (Å²) in [5, 5.41) is 0. The predicted octanol–water partition coefficient (Wildman–Crippen LogP) is 2.56. The van der Waals surface area contributed by atoms with Crippen LogP contribution in [0.1, 0.15) is 24.8 Å². The van der Waals surface area contributed by atoms with E-state index in [1.165, 1.54) is 44.5 Å². The summed E-state index contributed by atoms with van der Waals surface area (Å²) in [5.41, 5.74) is 8.02. The van der Waals surface area contributed by atoms with E-state index in [1.807, 2.05) is 12.1 Å². The summed E-state index contributed by atoms with van der Waals surface area (Å²) in [6, 6.07) is 8.24. The summed E-state index contributed by atoms with van der Waals surface area (Å²) in [6.45, 7) is 4.54. The molecule has 1 aromatic carbocycles. The van der Waals surface area contributed by atoms with Crippen molar-refractivity contribution in [1.82, 2.24) is 4.90 Å². The molecule has 1 aliphatic heterocycles. The fourth-order valence-electron chi connectivity index (χ4n) is 2.98. The van der Waals surface area contributed by atoms with E-state index >= 15 is 0 Å². The molecule has 1 heterocycles. The zero-order valence-electron chi connectivity index (χ0n) is 12.0. The van der Waals surface area contributed by atoms with E-state index in [2.05, 4.69) is 17.0 Å². The predicted molar refractivity (Wildman–Crippen MR) is 80.2 cm³/mol. The normalized spacial score (nSPS) is 20.6. The van der Waals surface area contributed by atoms with Crippen LogP contribution in [0.5, 0.6) is 0 Å². The maximum atomic E-state index is 5.80. The van der Waals surface area contributed by atoms with Crippen molar-refractivity contribution >= 4 is 5.69 Å². The van der Waals surface area contributed by atoms with E-state index in [9.17, 15) is 0 Å². The van der Waals surface area contributed by atoms with Gasteiger partial charge >= 0.3 is 0 Å². The number of methoxy groups -OCH3 is 1. The molecule has 0 spiro atoms. The number of hydrogen-bond acceptors (Lipinski definition) is 3. The van der Waals surface area contributed by atoms with Crippen LogP contribution in [0.15, 0.2) is 24.3 Å². The van der Waals surface area contributed by atoms with Crippen LogP contribution in [0, 0.1) is 5.92 Å². The molecule has 3 heteroatoms. The number of ether oxygens (including phenoxy) is 1. The topological polar surface area (TPSA) is 38.5 Å². The van der Waals surface area contributed by atoms with Crippen LogP contribution in [-0.2, 0) is 11.2 Å². The second-order valence-electron chi connectivity index (χ2n) is 5.61. The highest BCUT2D eigenvalue weighted by atomic mass is 16.5. The van der Waals surface area contributed by atoms with Gasteiger partial charge in [-0.05, 0) is 62.4 Å². The highest BCUT2D eigenvalue weighted by Gasteiger charge is 2.18. The fourth-order valence-corrected chi connectivity index (χ4v) is 2.98. The third-order valence-electron chi connectivity index (χ3n) is 3.90. The van der Waals surface area contributed by atoms with Gasteiger partial charge in [0.1, 0.15) is 0 Å². The summed E-state index contributed by atoms with van der Waals surface area (Å²) in [5.74, 6) is 0.728. The monoisotopic (exact) mass is 262 g/mol. The lowest BCUT2D eigenvalue weighted by Crippen LogP contribution is -2.37. The number of rotatable bonds is 6. The van der Waals surface area contributed by atoms with Crippen LogP contribution in [0.25, 0.3) is 0 Å². The lowest BCUT2D eigenvalue weighted by molar-refractivity contribution is 0.0902. The highest BCUT2D eigenvalue weighted by Crippen LogP contribution is 2.17. The molecule has 2 N–H and O–H groups in total. The number of aryl methyl sites for hydroxylation is 1. The van der Waals surface area contributed by atoms with E-state index in [4.69, 9.17) is 10.5 Å².